The van der Waals surface area contributed by atoms with Gasteiger partial charge in [-0.25, -0.2) is 8.78 Å². The molecule has 0 rings (SSSR count). The fourth-order valence-corrected chi connectivity index (χ4v) is 0.380. The van der Waals surface area contributed by atoms with E-state index in [4.69, 9.17) is 0 Å². The van der Waals surface area contributed by atoms with Crippen LogP contribution < -0.4 is 0 Å². The highest BCUT2D eigenvalue weighted by atomic mass is 19.4. The summed E-state index contributed by atoms with van der Waals surface area (Å²) in [5.41, 5.74) is -5.67. The minimum Gasteiger partial charge on any atom is -0.247 e. The normalized spacial score (nSPS) is 18.5. The van der Waals surface area contributed by atoms with Gasteiger partial charge in [0, 0.05) is 0 Å². The molecule has 0 aliphatic heterocycles. The SMILES string of the molecule is FCC(F)(C(F)(F)F)C(F)(F)OF. The first-order chi connectivity index (χ1) is 5.62. The van der Waals surface area contributed by atoms with Crippen molar-refractivity contribution in [3.63, 3.8) is 0 Å². The predicted molar refractivity (Wildman–Crippen MR) is 23.0 cm³/mol. The zero-order chi connectivity index (χ0) is 10.9. The van der Waals surface area contributed by atoms with Gasteiger partial charge >= 0.3 is 18.0 Å². The van der Waals surface area contributed by atoms with Gasteiger partial charge in [-0.1, -0.05) is 0 Å². The Morgan fingerprint density at radius 1 is 0.923 bits per heavy atom. The van der Waals surface area contributed by atoms with Crippen LogP contribution in [0.25, 0.3) is 0 Å². The number of hydrogen-bond acceptors (Lipinski definition) is 1. The molecule has 13 heavy (non-hydrogen) atoms. The average molecular weight is 218 g/mol. The van der Waals surface area contributed by atoms with Crippen LogP contribution in [0.1, 0.15) is 0 Å². The van der Waals surface area contributed by atoms with Crippen LogP contribution in [0.5, 0.6) is 0 Å². The lowest BCUT2D eigenvalue weighted by molar-refractivity contribution is -0.441. The van der Waals surface area contributed by atoms with Crippen LogP contribution in [-0.4, -0.2) is 24.6 Å². The van der Waals surface area contributed by atoms with Crippen molar-refractivity contribution in [2.75, 3.05) is 6.67 Å². The molecular weight excluding hydrogens is 216 g/mol. The third-order valence-electron chi connectivity index (χ3n) is 1.19. The Balaban J connectivity index is 5.06. The topological polar surface area (TPSA) is 9.23 Å². The van der Waals surface area contributed by atoms with Crippen molar-refractivity contribution in [1.82, 2.24) is 0 Å². The summed E-state index contributed by atoms with van der Waals surface area (Å²) in [5, 5.41) is 0. The van der Waals surface area contributed by atoms with E-state index in [1.807, 2.05) is 0 Å². The van der Waals surface area contributed by atoms with Crippen LogP contribution in [0.4, 0.5) is 35.3 Å². The van der Waals surface area contributed by atoms with E-state index in [1.54, 1.807) is 0 Å². The fraction of sp³-hybridized carbons (Fsp3) is 1.00. The number of alkyl halides is 7. The summed E-state index contributed by atoms with van der Waals surface area (Å²) in [6.45, 7) is -3.15. The molecule has 9 heteroatoms. The standard InChI is InChI=1S/C4H2F8O/c5-1-2(6,3(7,8)9)4(10,11)13-12/h1H2. The molecule has 0 saturated heterocycles. The molecule has 1 unspecified atom stereocenters. The summed E-state index contributed by atoms with van der Waals surface area (Å²) >= 11 is 0. The highest BCUT2D eigenvalue weighted by molar-refractivity contribution is 4.94. The van der Waals surface area contributed by atoms with Gasteiger partial charge in [0.2, 0.25) is 0 Å². The van der Waals surface area contributed by atoms with Gasteiger partial charge < -0.3 is 0 Å². The Kier molecular flexibility index (Phi) is 3.12. The quantitative estimate of drug-likeness (QED) is 0.661. The first kappa shape index (κ1) is 12.4. The molecule has 0 fully saturated rings. The van der Waals surface area contributed by atoms with Gasteiger partial charge in [0.15, 0.2) is 0 Å². The van der Waals surface area contributed by atoms with E-state index in [9.17, 15) is 35.3 Å². The molecule has 0 bridgehead atoms. The Labute approximate surface area is 66.2 Å². The Morgan fingerprint density at radius 3 is 1.38 bits per heavy atom. The van der Waals surface area contributed by atoms with Crippen molar-refractivity contribution in [2.45, 2.75) is 18.0 Å². The first-order valence-electron chi connectivity index (χ1n) is 2.61. The molecule has 0 heterocycles. The molecule has 0 radical (unpaired) electrons. The molecule has 0 aromatic heterocycles. The van der Waals surface area contributed by atoms with Gasteiger partial charge in [0.25, 0.3) is 0 Å². The van der Waals surface area contributed by atoms with E-state index >= 15 is 0 Å². The molecule has 1 nitrogen and oxygen atoms in total. The van der Waals surface area contributed by atoms with E-state index in [0.717, 1.165) is 0 Å². The molecular formula is C4H2F8O. The van der Waals surface area contributed by atoms with Gasteiger partial charge in [-0.3, -0.25) is 0 Å². The van der Waals surface area contributed by atoms with Crippen molar-refractivity contribution >= 4 is 0 Å². The smallest absolute Gasteiger partial charge is 0.247 e. The van der Waals surface area contributed by atoms with Crippen molar-refractivity contribution in [1.29, 1.82) is 0 Å². The highest BCUT2D eigenvalue weighted by Crippen LogP contribution is 2.46. The Hall–Kier alpha value is -0.600. The van der Waals surface area contributed by atoms with Crippen LogP contribution in [0.15, 0.2) is 0 Å². The van der Waals surface area contributed by atoms with Crippen LogP contribution in [0, 0.1) is 0 Å². The number of rotatable bonds is 3. The summed E-state index contributed by atoms with van der Waals surface area (Å²) in [4.78, 5) is 1.45. The molecule has 0 aliphatic carbocycles. The van der Waals surface area contributed by atoms with Crippen LogP contribution in [0.3, 0.4) is 0 Å². The lowest BCUT2D eigenvalue weighted by Crippen LogP contribution is -2.57. The second-order valence-corrected chi connectivity index (χ2v) is 2.03. The number of halogens is 8. The van der Waals surface area contributed by atoms with Gasteiger partial charge in [-0.05, 0) is 4.53 Å². The zero-order valence-corrected chi connectivity index (χ0v) is 5.64. The van der Waals surface area contributed by atoms with Crippen molar-refractivity contribution in [3.05, 3.63) is 0 Å². The summed E-state index contributed by atoms with van der Waals surface area (Å²) in [6.07, 6.45) is -12.2. The average Bonchev–Trinajstić information content (AvgIpc) is 2.00. The van der Waals surface area contributed by atoms with E-state index in [-0.39, 0.29) is 0 Å². The third kappa shape index (κ3) is 1.84. The lowest BCUT2D eigenvalue weighted by atomic mass is 10.1. The minimum absolute atomic E-state index is 1.45. The maximum absolute atomic E-state index is 12.2. The maximum Gasteiger partial charge on any atom is 0.434 e. The first-order valence-corrected chi connectivity index (χ1v) is 2.61. The highest BCUT2D eigenvalue weighted by Gasteiger charge is 2.74. The fourth-order valence-electron chi connectivity index (χ4n) is 0.380. The second kappa shape index (κ2) is 3.28. The third-order valence-corrected chi connectivity index (χ3v) is 1.19. The summed E-state index contributed by atoms with van der Waals surface area (Å²) in [7, 11) is 0. The molecule has 0 saturated carbocycles. The van der Waals surface area contributed by atoms with Crippen LogP contribution in [-0.2, 0) is 4.94 Å². The van der Waals surface area contributed by atoms with Gasteiger partial charge in [0.1, 0.15) is 6.67 Å². The molecule has 0 spiro atoms. The molecule has 0 aromatic rings. The molecule has 80 valence electrons. The van der Waals surface area contributed by atoms with E-state index in [0.29, 0.717) is 0 Å². The lowest BCUT2D eigenvalue weighted by Gasteiger charge is -2.28. The maximum atomic E-state index is 12.2. The summed E-state index contributed by atoms with van der Waals surface area (Å²) < 4.78 is 92.3. The minimum atomic E-state index is -6.27. The predicted octanol–water partition coefficient (Wildman–Crippen LogP) is 2.72. The molecule has 0 N–H and O–H groups in total. The number of hydrogen-bond donors (Lipinski definition) is 0. The largest absolute Gasteiger partial charge is 0.434 e. The van der Waals surface area contributed by atoms with Crippen LogP contribution >= 0.6 is 0 Å². The van der Waals surface area contributed by atoms with E-state index < -0.39 is 24.6 Å². The Morgan fingerprint density at radius 2 is 1.31 bits per heavy atom. The monoisotopic (exact) mass is 218 g/mol. The molecule has 0 aromatic carbocycles. The second-order valence-electron chi connectivity index (χ2n) is 2.03. The summed E-state index contributed by atoms with van der Waals surface area (Å²) in [6, 6.07) is 0. The van der Waals surface area contributed by atoms with E-state index in [2.05, 4.69) is 0 Å². The van der Waals surface area contributed by atoms with Crippen molar-refractivity contribution in [3.8, 4) is 0 Å². The molecule has 1 atom stereocenters. The van der Waals surface area contributed by atoms with E-state index in [1.165, 1.54) is 4.94 Å². The van der Waals surface area contributed by atoms with Gasteiger partial charge in [0.05, 0.1) is 0 Å². The summed E-state index contributed by atoms with van der Waals surface area (Å²) in [5.74, 6) is 0. The molecule has 0 aliphatic rings. The van der Waals surface area contributed by atoms with Gasteiger partial charge in [-0.2, -0.15) is 22.0 Å². The Bertz CT molecular complexity index is 175. The van der Waals surface area contributed by atoms with Crippen molar-refractivity contribution < 1.29 is 40.2 Å². The van der Waals surface area contributed by atoms with Crippen LogP contribution in [0.2, 0.25) is 0 Å². The zero-order valence-electron chi connectivity index (χ0n) is 5.64. The van der Waals surface area contributed by atoms with Crippen molar-refractivity contribution in [2.24, 2.45) is 0 Å². The molecule has 0 amide bonds. The van der Waals surface area contributed by atoms with Gasteiger partial charge in [-0.15, -0.1) is 4.94 Å².